The van der Waals surface area contributed by atoms with E-state index in [9.17, 15) is 0 Å². The van der Waals surface area contributed by atoms with Crippen LogP contribution in [0.4, 0.5) is 5.82 Å². The van der Waals surface area contributed by atoms with Crippen molar-refractivity contribution in [2.75, 3.05) is 5.73 Å². The Hall–Kier alpha value is -1.68. The quantitative estimate of drug-likeness (QED) is 0.923. The minimum Gasteiger partial charge on any atom is -0.484 e. The number of nitrogens with zero attached hydrogens (tertiary/aromatic N) is 2. The van der Waals surface area contributed by atoms with Crippen LogP contribution in [0.2, 0.25) is 5.02 Å². The van der Waals surface area contributed by atoms with E-state index >= 15 is 0 Å². The smallest absolute Gasteiger partial charge is 0.148 e. The van der Waals surface area contributed by atoms with Crippen molar-refractivity contribution in [1.82, 2.24) is 9.55 Å². The second-order valence-electron chi connectivity index (χ2n) is 4.28. The fourth-order valence-electron chi connectivity index (χ4n) is 1.82. The average Bonchev–Trinajstić information content (AvgIpc) is 2.69. The summed E-state index contributed by atoms with van der Waals surface area (Å²) in [6, 6.07) is 7.61. The molecule has 0 radical (unpaired) electrons. The van der Waals surface area contributed by atoms with E-state index in [0.29, 0.717) is 23.2 Å². The number of aromatic nitrogens is 2. The van der Waals surface area contributed by atoms with Crippen molar-refractivity contribution in [3.8, 4) is 5.75 Å². The zero-order valence-electron chi connectivity index (χ0n) is 10.4. The van der Waals surface area contributed by atoms with E-state index in [-0.39, 0.29) is 6.04 Å². The van der Waals surface area contributed by atoms with Gasteiger partial charge in [0.25, 0.3) is 0 Å². The molecule has 1 heterocycles. The third-order valence-corrected chi connectivity index (χ3v) is 2.92. The number of anilines is 1. The van der Waals surface area contributed by atoms with Crippen LogP contribution >= 0.6 is 11.6 Å². The second-order valence-corrected chi connectivity index (χ2v) is 4.69. The molecule has 2 rings (SSSR count). The summed E-state index contributed by atoms with van der Waals surface area (Å²) in [7, 11) is 0. The number of hydrogen-bond acceptors (Lipinski definition) is 3. The van der Waals surface area contributed by atoms with E-state index in [1.165, 1.54) is 0 Å². The summed E-state index contributed by atoms with van der Waals surface area (Å²) in [6.07, 6.45) is 1.64. The first-order valence-corrected chi connectivity index (χ1v) is 6.16. The molecule has 2 N–H and O–H groups in total. The molecule has 0 fully saturated rings. The van der Waals surface area contributed by atoms with Crippen LogP contribution < -0.4 is 10.5 Å². The molecular formula is C13H16ClN3O. The van der Waals surface area contributed by atoms with E-state index in [0.717, 1.165) is 5.82 Å². The molecule has 0 amide bonds. The van der Waals surface area contributed by atoms with E-state index in [1.807, 2.05) is 22.8 Å². The van der Waals surface area contributed by atoms with Gasteiger partial charge in [-0.15, -0.1) is 0 Å². The van der Waals surface area contributed by atoms with Crippen molar-refractivity contribution >= 4 is 17.4 Å². The molecule has 0 saturated heterocycles. The van der Waals surface area contributed by atoms with Gasteiger partial charge in [0.2, 0.25) is 0 Å². The molecule has 96 valence electrons. The lowest BCUT2D eigenvalue weighted by Gasteiger charge is -2.14. The molecule has 1 aromatic carbocycles. The fourth-order valence-corrected chi connectivity index (χ4v) is 2.01. The maximum absolute atomic E-state index is 6.02. The van der Waals surface area contributed by atoms with Gasteiger partial charge in [0, 0.05) is 6.04 Å². The van der Waals surface area contributed by atoms with E-state index in [4.69, 9.17) is 22.1 Å². The average molecular weight is 266 g/mol. The van der Waals surface area contributed by atoms with Crippen molar-refractivity contribution in [1.29, 1.82) is 0 Å². The summed E-state index contributed by atoms with van der Waals surface area (Å²) >= 11 is 6.02. The highest BCUT2D eigenvalue weighted by molar-refractivity contribution is 6.32. The van der Waals surface area contributed by atoms with Crippen molar-refractivity contribution < 1.29 is 4.74 Å². The van der Waals surface area contributed by atoms with Crippen LogP contribution in [0.25, 0.3) is 0 Å². The molecular weight excluding hydrogens is 250 g/mol. The summed E-state index contributed by atoms with van der Waals surface area (Å²) in [5, 5.41) is 0.591. The molecule has 4 nitrogen and oxygen atoms in total. The van der Waals surface area contributed by atoms with Gasteiger partial charge in [-0.1, -0.05) is 23.7 Å². The molecule has 18 heavy (non-hydrogen) atoms. The number of rotatable bonds is 4. The van der Waals surface area contributed by atoms with E-state index < -0.39 is 0 Å². The monoisotopic (exact) mass is 265 g/mol. The highest BCUT2D eigenvalue weighted by atomic mass is 35.5. The summed E-state index contributed by atoms with van der Waals surface area (Å²) in [5.74, 6) is 2.08. The second kappa shape index (κ2) is 5.31. The minimum absolute atomic E-state index is 0.248. The summed E-state index contributed by atoms with van der Waals surface area (Å²) < 4.78 is 7.60. The Kier molecular flexibility index (Phi) is 3.77. The van der Waals surface area contributed by atoms with Crippen molar-refractivity contribution in [3.63, 3.8) is 0 Å². The standard InChI is InChI=1S/C13H16ClN3O/c1-9(2)17-12(15)7-16-13(17)8-18-11-6-4-3-5-10(11)14/h3-7,9H,8,15H2,1-2H3. The van der Waals surface area contributed by atoms with Crippen molar-refractivity contribution in [2.24, 2.45) is 0 Å². The van der Waals surface area contributed by atoms with Gasteiger partial charge >= 0.3 is 0 Å². The lowest BCUT2D eigenvalue weighted by molar-refractivity contribution is 0.287. The lowest BCUT2D eigenvalue weighted by atomic mass is 10.3. The van der Waals surface area contributed by atoms with Crippen molar-refractivity contribution in [3.05, 3.63) is 41.3 Å². The molecule has 2 aromatic rings. The molecule has 0 spiro atoms. The molecule has 0 aliphatic rings. The maximum atomic E-state index is 6.02. The number of halogens is 1. The van der Waals surface area contributed by atoms with Gasteiger partial charge < -0.3 is 15.0 Å². The molecule has 0 atom stereocenters. The summed E-state index contributed by atoms with van der Waals surface area (Å²) in [4.78, 5) is 4.25. The van der Waals surface area contributed by atoms with Crippen LogP contribution in [0.1, 0.15) is 25.7 Å². The largest absolute Gasteiger partial charge is 0.484 e. The van der Waals surface area contributed by atoms with Gasteiger partial charge in [-0.05, 0) is 26.0 Å². The van der Waals surface area contributed by atoms with Gasteiger partial charge in [-0.25, -0.2) is 4.98 Å². The molecule has 0 bridgehead atoms. The number of benzene rings is 1. The first-order chi connectivity index (χ1) is 8.59. The Labute approximate surface area is 111 Å². The Bertz CT molecular complexity index is 537. The summed E-state index contributed by atoms with van der Waals surface area (Å²) in [5.41, 5.74) is 5.86. The molecule has 0 unspecified atom stereocenters. The molecule has 1 aromatic heterocycles. The topological polar surface area (TPSA) is 53.1 Å². The highest BCUT2D eigenvalue weighted by Gasteiger charge is 2.11. The van der Waals surface area contributed by atoms with Crippen LogP contribution in [-0.2, 0) is 6.61 Å². The van der Waals surface area contributed by atoms with Gasteiger partial charge in [0.1, 0.15) is 24.0 Å². The predicted molar refractivity (Wildman–Crippen MR) is 72.8 cm³/mol. The number of nitrogens with two attached hydrogens (primary N) is 1. The Morgan fingerprint density at radius 3 is 2.78 bits per heavy atom. The number of para-hydroxylation sites is 1. The number of ether oxygens (including phenoxy) is 1. The van der Waals surface area contributed by atoms with E-state index in [1.54, 1.807) is 12.3 Å². The Morgan fingerprint density at radius 2 is 2.11 bits per heavy atom. The van der Waals surface area contributed by atoms with Crippen LogP contribution in [0.15, 0.2) is 30.5 Å². The molecule has 0 aliphatic heterocycles. The molecule has 0 saturated carbocycles. The molecule has 5 heteroatoms. The van der Waals surface area contributed by atoms with Gasteiger partial charge in [0.05, 0.1) is 11.2 Å². The Balaban J connectivity index is 2.14. The third-order valence-electron chi connectivity index (χ3n) is 2.61. The van der Waals surface area contributed by atoms with Crippen molar-refractivity contribution in [2.45, 2.75) is 26.5 Å². The van der Waals surface area contributed by atoms with Crippen LogP contribution in [0, 0.1) is 0 Å². The minimum atomic E-state index is 0.248. The first-order valence-electron chi connectivity index (χ1n) is 5.78. The van der Waals surface area contributed by atoms with Crippen LogP contribution in [0.3, 0.4) is 0 Å². The molecule has 0 aliphatic carbocycles. The zero-order chi connectivity index (χ0) is 13.1. The zero-order valence-corrected chi connectivity index (χ0v) is 11.2. The van der Waals surface area contributed by atoms with E-state index in [2.05, 4.69) is 18.8 Å². The van der Waals surface area contributed by atoms with Gasteiger partial charge in [-0.3, -0.25) is 0 Å². The fraction of sp³-hybridized carbons (Fsp3) is 0.308. The van der Waals surface area contributed by atoms with Crippen LogP contribution in [0.5, 0.6) is 5.75 Å². The SMILES string of the molecule is CC(C)n1c(N)cnc1COc1ccccc1Cl. The number of imidazole rings is 1. The predicted octanol–water partition coefficient (Wildman–Crippen LogP) is 3.28. The highest BCUT2D eigenvalue weighted by Crippen LogP contribution is 2.24. The number of nitrogen functional groups attached to an aromatic ring is 1. The van der Waals surface area contributed by atoms with Gasteiger partial charge in [0.15, 0.2) is 0 Å². The van der Waals surface area contributed by atoms with Crippen LogP contribution in [-0.4, -0.2) is 9.55 Å². The number of hydrogen-bond donors (Lipinski definition) is 1. The third kappa shape index (κ3) is 2.59. The lowest BCUT2D eigenvalue weighted by Crippen LogP contribution is -2.11. The van der Waals surface area contributed by atoms with Gasteiger partial charge in [-0.2, -0.15) is 0 Å². The maximum Gasteiger partial charge on any atom is 0.148 e. The Morgan fingerprint density at radius 1 is 1.39 bits per heavy atom. The summed E-state index contributed by atoms with van der Waals surface area (Å²) in [6.45, 7) is 4.45. The normalized spacial score (nSPS) is 10.9. The first kappa shape index (κ1) is 12.8.